The van der Waals surface area contributed by atoms with Gasteiger partial charge in [-0.05, 0) is 30.4 Å². The van der Waals surface area contributed by atoms with Crippen LogP contribution in [-0.4, -0.2) is 0 Å². The smallest absolute Gasteiger partial charge is 0.0392 e. The molecular formula is C10H18ClNS. The molecule has 0 aliphatic carbocycles. The van der Waals surface area contributed by atoms with Crippen molar-refractivity contribution in [2.75, 3.05) is 0 Å². The molecule has 3 heteroatoms. The molecule has 0 fully saturated rings. The Bertz CT molecular complexity index is 235. The van der Waals surface area contributed by atoms with Crippen LogP contribution in [0.25, 0.3) is 0 Å². The van der Waals surface area contributed by atoms with Crippen LogP contribution in [0.3, 0.4) is 0 Å². The minimum Gasteiger partial charge on any atom is -0.323 e. The zero-order chi connectivity index (χ0) is 8.97. The van der Waals surface area contributed by atoms with Gasteiger partial charge in [0, 0.05) is 10.9 Å². The Kier molecular flexibility index (Phi) is 6.39. The number of hydrogen-bond acceptors (Lipinski definition) is 2. The molecule has 1 nitrogen and oxygen atoms in total. The average molecular weight is 220 g/mol. The molecule has 0 radical (unpaired) electrons. The first-order valence-corrected chi connectivity index (χ1v) is 5.43. The summed E-state index contributed by atoms with van der Waals surface area (Å²) in [4.78, 5) is 1.36. The summed E-state index contributed by atoms with van der Waals surface area (Å²) in [5.74, 6) is 0. The van der Waals surface area contributed by atoms with Gasteiger partial charge in [-0.25, -0.2) is 0 Å². The van der Waals surface area contributed by atoms with Crippen molar-refractivity contribution in [3.8, 4) is 0 Å². The van der Waals surface area contributed by atoms with Crippen LogP contribution in [0.2, 0.25) is 0 Å². The third-order valence-electron chi connectivity index (χ3n) is 2.11. The lowest BCUT2D eigenvalue weighted by Gasteiger charge is -2.09. The third-order valence-corrected chi connectivity index (χ3v) is 3.26. The number of hydrogen-bond donors (Lipinski definition) is 1. The fraction of sp³-hybridized carbons (Fsp3) is 0.600. The molecule has 0 amide bonds. The molecule has 0 spiro atoms. The van der Waals surface area contributed by atoms with Crippen molar-refractivity contribution in [1.82, 2.24) is 0 Å². The zero-order valence-electron chi connectivity index (χ0n) is 8.25. The van der Waals surface area contributed by atoms with Gasteiger partial charge in [-0.1, -0.05) is 19.8 Å². The van der Waals surface area contributed by atoms with E-state index < -0.39 is 0 Å². The molecule has 1 aromatic heterocycles. The molecular weight excluding hydrogens is 202 g/mol. The molecule has 1 rings (SSSR count). The molecule has 76 valence electrons. The standard InChI is InChI=1S/C10H17NS.ClH/c1-3-4-5-9(11)10-8(2)6-7-12-10;/h6-7,9H,3-5,11H2,1-2H3;1H/t9-;/m1./s1. The second-order valence-electron chi connectivity index (χ2n) is 3.22. The second-order valence-corrected chi connectivity index (χ2v) is 4.16. The van der Waals surface area contributed by atoms with Crippen LogP contribution in [-0.2, 0) is 0 Å². The summed E-state index contributed by atoms with van der Waals surface area (Å²) in [7, 11) is 0. The van der Waals surface area contributed by atoms with Crippen LogP contribution in [0.5, 0.6) is 0 Å². The van der Waals surface area contributed by atoms with Gasteiger partial charge in [0.25, 0.3) is 0 Å². The highest BCUT2D eigenvalue weighted by Gasteiger charge is 2.08. The maximum Gasteiger partial charge on any atom is 0.0392 e. The maximum atomic E-state index is 6.04. The number of thiophene rings is 1. The van der Waals surface area contributed by atoms with E-state index in [4.69, 9.17) is 5.73 Å². The fourth-order valence-corrected chi connectivity index (χ4v) is 2.28. The zero-order valence-corrected chi connectivity index (χ0v) is 9.88. The van der Waals surface area contributed by atoms with Gasteiger partial charge in [0.05, 0.1) is 0 Å². The molecule has 0 unspecified atom stereocenters. The summed E-state index contributed by atoms with van der Waals surface area (Å²) < 4.78 is 0. The van der Waals surface area contributed by atoms with Crippen LogP contribution in [0.1, 0.15) is 42.7 Å². The molecule has 2 N–H and O–H groups in total. The van der Waals surface area contributed by atoms with Crippen LogP contribution < -0.4 is 5.73 Å². The van der Waals surface area contributed by atoms with E-state index >= 15 is 0 Å². The maximum absolute atomic E-state index is 6.04. The van der Waals surface area contributed by atoms with Gasteiger partial charge in [-0.15, -0.1) is 23.7 Å². The van der Waals surface area contributed by atoms with E-state index in [0.717, 1.165) is 6.42 Å². The third kappa shape index (κ3) is 3.67. The predicted octanol–water partition coefficient (Wildman–Crippen LogP) is 3.67. The van der Waals surface area contributed by atoms with Crippen molar-refractivity contribution < 1.29 is 0 Å². The topological polar surface area (TPSA) is 26.0 Å². The van der Waals surface area contributed by atoms with Gasteiger partial charge in [-0.2, -0.15) is 0 Å². The first-order valence-electron chi connectivity index (χ1n) is 4.55. The Morgan fingerprint density at radius 3 is 2.69 bits per heavy atom. The Labute approximate surface area is 90.8 Å². The molecule has 0 aromatic carbocycles. The average Bonchev–Trinajstić information content (AvgIpc) is 2.47. The van der Waals surface area contributed by atoms with Gasteiger partial charge >= 0.3 is 0 Å². The summed E-state index contributed by atoms with van der Waals surface area (Å²) in [6.07, 6.45) is 3.59. The van der Waals surface area contributed by atoms with E-state index in [-0.39, 0.29) is 18.4 Å². The number of unbranched alkanes of at least 4 members (excludes halogenated alkanes) is 1. The minimum atomic E-state index is 0. The highest BCUT2D eigenvalue weighted by atomic mass is 35.5. The fourth-order valence-electron chi connectivity index (χ4n) is 1.32. The van der Waals surface area contributed by atoms with Crippen LogP contribution >= 0.6 is 23.7 Å². The molecule has 0 aliphatic heterocycles. The highest BCUT2D eigenvalue weighted by Crippen LogP contribution is 2.25. The van der Waals surface area contributed by atoms with Crippen molar-refractivity contribution in [3.05, 3.63) is 21.9 Å². The van der Waals surface area contributed by atoms with Crippen LogP contribution in [0, 0.1) is 6.92 Å². The van der Waals surface area contributed by atoms with Crippen molar-refractivity contribution in [3.63, 3.8) is 0 Å². The lowest BCUT2D eigenvalue weighted by molar-refractivity contribution is 0.609. The van der Waals surface area contributed by atoms with E-state index in [2.05, 4.69) is 25.3 Å². The molecule has 0 aliphatic rings. The normalized spacial score (nSPS) is 12.2. The van der Waals surface area contributed by atoms with E-state index in [1.807, 2.05) is 0 Å². The molecule has 0 bridgehead atoms. The molecule has 0 saturated carbocycles. The van der Waals surface area contributed by atoms with E-state index in [1.165, 1.54) is 23.3 Å². The van der Waals surface area contributed by atoms with Crippen LogP contribution in [0.4, 0.5) is 0 Å². The number of rotatable bonds is 4. The highest BCUT2D eigenvalue weighted by molar-refractivity contribution is 7.10. The Balaban J connectivity index is 0.00000144. The number of halogens is 1. The van der Waals surface area contributed by atoms with Crippen molar-refractivity contribution in [2.24, 2.45) is 5.73 Å². The SMILES string of the molecule is CCCC[C@@H](N)c1sccc1C.Cl. The quantitative estimate of drug-likeness (QED) is 0.822. The summed E-state index contributed by atoms with van der Waals surface area (Å²) in [6, 6.07) is 2.41. The van der Waals surface area contributed by atoms with Gasteiger partial charge in [-0.3, -0.25) is 0 Å². The molecule has 1 heterocycles. The van der Waals surface area contributed by atoms with Gasteiger partial charge in [0.2, 0.25) is 0 Å². The van der Waals surface area contributed by atoms with Crippen molar-refractivity contribution in [2.45, 2.75) is 39.2 Å². The largest absolute Gasteiger partial charge is 0.323 e. The van der Waals surface area contributed by atoms with Gasteiger partial charge in [0.1, 0.15) is 0 Å². The monoisotopic (exact) mass is 219 g/mol. The Morgan fingerprint density at radius 1 is 1.54 bits per heavy atom. The first-order chi connectivity index (χ1) is 5.75. The minimum absolute atomic E-state index is 0. The lowest BCUT2D eigenvalue weighted by Crippen LogP contribution is -2.09. The first kappa shape index (κ1) is 12.9. The molecule has 13 heavy (non-hydrogen) atoms. The van der Waals surface area contributed by atoms with Crippen LogP contribution in [0.15, 0.2) is 11.4 Å². The summed E-state index contributed by atoms with van der Waals surface area (Å²) in [6.45, 7) is 4.34. The van der Waals surface area contributed by atoms with Crippen molar-refractivity contribution in [1.29, 1.82) is 0 Å². The summed E-state index contributed by atoms with van der Waals surface area (Å²) in [5.41, 5.74) is 7.39. The Hall–Kier alpha value is -0.0500. The Morgan fingerprint density at radius 2 is 2.23 bits per heavy atom. The van der Waals surface area contributed by atoms with Crippen molar-refractivity contribution >= 4 is 23.7 Å². The number of aryl methyl sites for hydroxylation is 1. The molecule has 1 aromatic rings. The lowest BCUT2D eigenvalue weighted by atomic mass is 10.1. The van der Waals surface area contributed by atoms with E-state index in [0.29, 0.717) is 0 Å². The van der Waals surface area contributed by atoms with Gasteiger partial charge in [0.15, 0.2) is 0 Å². The molecule has 1 atom stereocenters. The van der Waals surface area contributed by atoms with Gasteiger partial charge < -0.3 is 5.73 Å². The predicted molar refractivity (Wildman–Crippen MR) is 62.8 cm³/mol. The molecule has 0 saturated heterocycles. The van der Waals surface area contributed by atoms with E-state index in [9.17, 15) is 0 Å². The number of nitrogens with two attached hydrogens (primary N) is 1. The summed E-state index contributed by atoms with van der Waals surface area (Å²) >= 11 is 1.78. The summed E-state index contributed by atoms with van der Waals surface area (Å²) in [5, 5.41) is 2.12. The second kappa shape index (κ2) is 6.41. The van der Waals surface area contributed by atoms with E-state index in [1.54, 1.807) is 11.3 Å².